The molecular weight excluding hydrogens is 699 g/mol. The Bertz CT molecular complexity index is 1490. The largest absolute Gasteiger partial charge is 0.667 e. The normalized spacial score (nSPS) is 27.9. The van der Waals surface area contributed by atoms with Gasteiger partial charge in [0.05, 0.1) is 23.7 Å². The highest BCUT2D eigenvalue weighted by Gasteiger charge is 2.45. The molecule has 56 heavy (non-hydrogen) atoms. The van der Waals surface area contributed by atoms with Gasteiger partial charge in [0.15, 0.2) is 0 Å². The maximum Gasteiger partial charge on any atom is 0.309 e. The topological polar surface area (TPSA) is 151 Å². The number of pyridine rings is 1. The van der Waals surface area contributed by atoms with E-state index in [0.29, 0.717) is 55.7 Å². The van der Waals surface area contributed by atoms with Crippen molar-refractivity contribution < 1.29 is 25.2 Å². The number of carbonyl (C=O) groups is 1. The first-order chi connectivity index (χ1) is 26.9. The number of hydrogen-bond acceptors (Lipinski definition) is 6. The number of aliphatic hydroxyl groups is 3. The van der Waals surface area contributed by atoms with Crippen molar-refractivity contribution in [3.05, 3.63) is 59.6 Å². The third-order valence-electron chi connectivity index (χ3n) is 14.4. The first kappa shape index (κ1) is 44.4. The quantitative estimate of drug-likeness (QED) is 0.0553. The molecule has 314 valence electrons. The lowest BCUT2D eigenvalue weighted by atomic mass is 9.76. The van der Waals surface area contributed by atoms with Crippen molar-refractivity contribution >= 4 is 11.8 Å². The lowest BCUT2D eigenvalue weighted by Crippen LogP contribution is -2.37. The van der Waals surface area contributed by atoms with Crippen LogP contribution in [0, 0.1) is 41.4 Å². The summed E-state index contributed by atoms with van der Waals surface area (Å²) in [6, 6.07) is 6.15. The summed E-state index contributed by atoms with van der Waals surface area (Å²) in [5.74, 6) is 1.46. The van der Waals surface area contributed by atoms with E-state index in [9.17, 15) is 25.2 Å². The average molecular weight is 775 g/mol. The molecule has 2 aromatic heterocycles. The van der Waals surface area contributed by atoms with Crippen molar-refractivity contribution in [1.82, 2.24) is 9.97 Å². The summed E-state index contributed by atoms with van der Waals surface area (Å²) >= 11 is 0. The lowest BCUT2D eigenvalue weighted by Gasteiger charge is -2.33. The van der Waals surface area contributed by atoms with Gasteiger partial charge >= 0.3 is 5.97 Å². The molecule has 5 rings (SSSR count). The summed E-state index contributed by atoms with van der Waals surface area (Å²) in [6.45, 7) is 6.96. The summed E-state index contributed by atoms with van der Waals surface area (Å²) in [5, 5.41) is 44.6. The maximum atomic E-state index is 12.4. The molecule has 0 bridgehead atoms. The standard InChI is InChI=1S/C48H76N3O5/c1-4-5-8-13-35-18-19-39(45(53)27-35)16-11-7-12-17-43(47(54)55)44(52)20-22-48(56)31-37(25-36-21-23-50-46(49)28-36)26-41(48)30-42-29-40(32-51-42)34(3)24-33(2)38-14-9-6-10-15-38/h18-19,21,23,28-29,32-35,37-39,41,43-45,52-53,56H,4-17,20,22,24-27,30-31H2,1-3H3,(H2,49,50)(H,54,55)/q-1. The molecule has 3 aliphatic rings. The first-order valence-corrected chi connectivity index (χ1v) is 22.8. The molecule has 0 aliphatic heterocycles. The number of nitrogens with two attached hydrogens (primary N) is 1. The van der Waals surface area contributed by atoms with Gasteiger partial charge in [-0.25, -0.2) is 4.98 Å². The number of aliphatic hydroxyl groups excluding tert-OH is 2. The van der Waals surface area contributed by atoms with E-state index in [1.807, 2.05) is 18.3 Å². The monoisotopic (exact) mass is 775 g/mol. The summed E-state index contributed by atoms with van der Waals surface area (Å²) in [5.41, 5.74) is 8.37. The Labute approximate surface area is 338 Å². The molecule has 0 saturated heterocycles. The van der Waals surface area contributed by atoms with E-state index in [0.717, 1.165) is 62.1 Å². The fourth-order valence-electron chi connectivity index (χ4n) is 10.9. The van der Waals surface area contributed by atoms with Gasteiger partial charge < -0.3 is 31.1 Å². The van der Waals surface area contributed by atoms with Gasteiger partial charge in [-0.05, 0) is 124 Å². The molecule has 0 aromatic carbocycles. The summed E-state index contributed by atoms with van der Waals surface area (Å²) in [7, 11) is 0. The van der Waals surface area contributed by atoms with Crippen LogP contribution >= 0.6 is 0 Å². The van der Waals surface area contributed by atoms with Crippen LogP contribution in [-0.2, 0) is 17.6 Å². The van der Waals surface area contributed by atoms with E-state index in [4.69, 9.17) is 10.7 Å². The Hall–Kier alpha value is -2.68. The SMILES string of the molecule is CCCCCC1C=CC(CCCCCC(C(=O)O)C(O)CCC2(O)CC(Cc3ccnc(N)c3)CC2Cc2cc(C(C)CC(C)C3CCCCC3)c[n-]2)C(O)C1. The van der Waals surface area contributed by atoms with E-state index >= 15 is 0 Å². The molecule has 6 N–H and O–H groups in total. The number of rotatable bonds is 23. The van der Waals surface area contributed by atoms with Crippen LogP contribution in [0.5, 0.6) is 0 Å². The maximum absolute atomic E-state index is 12.4. The third-order valence-corrected chi connectivity index (χ3v) is 14.4. The predicted octanol–water partition coefficient (Wildman–Crippen LogP) is 9.80. The molecular formula is C48H76N3O5-. The van der Waals surface area contributed by atoms with Crippen LogP contribution in [-0.4, -0.2) is 49.2 Å². The van der Waals surface area contributed by atoms with Gasteiger partial charge in [0.25, 0.3) is 0 Å². The summed E-state index contributed by atoms with van der Waals surface area (Å²) < 4.78 is 0. The second-order valence-electron chi connectivity index (χ2n) is 18.8. The smallest absolute Gasteiger partial charge is 0.309 e. The van der Waals surface area contributed by atoms with Gasteiger partial charge in [-0.15, -0.1) is 0 Å². The van der Waals surface area contributed by atoms with E-state index in [2.05, 4.69) is 44.0 Å². The minimum Gasteiger partial charge on any atom is -0.667 e. The molecule has 2 heterocycles. The van der Waals surface area contributed by atoms with Gasteiger partial charge in [0.2, 0.25) is 0 Å². The van der Waals surface area contributed by atoms with Gasteiger partial charge in [0, 0.05) is 12.1 Å². The first-order valence-electron chi connectivity index (χ1n) is 22.8. The van der Waals surface area contributed by atoms with Gasteiger partial charge in [-0.3, -0.25) is 4.79 Å². The molecule has 0 amide bonds. The number of hydrogen-bond donors (Lipinski definition) is 5. The highest BCUT2D eigenvalue weighted by Crippen LogP contribution is 2.46. The van der Waals surface area contributed by atoms with Crippen molar-refractivity contribution in [3.63, 3.8) is 0 Å². The van der Waals surface area contributed by atoms with Crippen LogP contribution in [0.15, 0.2) is 42.7 Å². The number of aromatic nitrogens is 2. The fourth-order valence-corrected chi connectivity index (χ4v) is 10.9. The molecule has 2 saturated carbocycles. The number of unbranched alkanes of at least 4 members (excludes halogenated alkanes) is 4. The number of allylic oxidation sites excluding steroid dienone is 1. The molecule has 10 atom stereocenters. The number of carboxylic acids is 1. The highest BCUT2D eigenvalue weighted by molar-refractivity contribution is 5.70. The van der Waals surface area contributed by atoms with Crippen molar-refractivity contribution in [3.8, 4) is 0 Å². The molecule has 0 spiro atoms. The fraction of sp³-hybridized carbons (Fsp3) is 0.750. The average Bonchev–Trinajstić information content (AvgIpc) is 3.77. The predicted molar refractivity (Wildman–Crippen MR) is 226 cm³/mol. The van der Waals surface area contributed by atoms with Crippen LogP contribution in [0.25, 0.3) is 0 Å². The highest BCUT2D eigenvalue weighted by atomic mass is 16.4. The van der Waals surface area contributed by atoms with Crippen molar-refractivity contribution in [1.29, 1.82) is 0 Å². The minimum atomic E-state index is -1.03. The molecule has 8 heteroatoms. The van der Waals surface area contributed by atoms with Crippen LogP contribution < -0.4 is 10.7 Å². The molecule has 3 aliphatic carbocycles. The number of nitrogen functional groups attached to an aromatic ring is 1. The number of anilines is 1. The van der Waals surface area contributed by atoms with E-state index < -0.39 is 23.6 Å². The zero-order valence-corrected chi connectivity index (χ0v) is 35.0. The van der Waals surface area contributed by atoms with E-state index in [1.54, 1.807) is 6.20 Å². The van der Waals surface area contributed by atoms with Gasteiger partial charge in [-0.1, -0.05) is 115 Å². The molecule has 2 aromatic rings. The number of aliphatic carboxylic acids is 1. The summed E-state index contributed by atoms with van der Waals surface area (Å²) in [6.07, 6.45) is 27.9. The van der Waals surface area contributed by atoms with Gasteiger partial charge in [0.1, 0.15) is 5.82 Å². The van der Waals surface area contributed by atoms with Crippen molar-refractivity contribution in [2.24, 2.45) is 41.4 Å². The molecule has 8 nitrogen and oxygen atoms in total. The third kappa shape index (κ3) is 13.2. The number of carboxylic acid groups (broad SMARTS) is 1. The van der Waals surface area contributed by atoms with Crippen molar-refractivity contribution in [2.75, 3.05) is 5.73 Å². The zero-order chi connectivity index (χ0) is 40.1. The van der Waals surface area contributed by atoms with Crippen molar-refractivity contribution in [2.45, 2.75) is 186 Å². The van der Waals surface area contributed by atoms with Crippen LogP contribution in [0.1, 0.15) is 172 Å². The second-order valence-corrected chi connectivity index (χ2v) is 18.8. The van der Waals surface area contributed by atoms with E-state index in [1.165, 1.54) is 63.4 Å². The minimum absolute atomic E-state index is 0.0443. The Kier molecular flexibility index (Phi) is 17.4. The van der Waals surface area contributed by atoms with Gasteiger partial charge in [-0.2, -0.15) is 11.9 Å². The Morgan fingerprint density at radius 1 is 1.00 bits per heavy atom. The Morgan fingerprint density at radius 3 is 2.52 bits per heavy atom. The summed E-state index contributed by atoms with van der Waals surface area (Å²) in [4.78, 5) is 21.4. The van der Waals surface area contributed by atoms with Crippen LogP contribution in [0.4, 0.5) is 5.82 Å². The Morgan fingerprint density at radius 2 is 1.79 bits per heavy atom. The zero-order valence-electron chi connectivity index (χ0n) is 35.0. The van der Waals surface area contributed by atoms with Crippen LogP contribution in [0.2, 0.25) is 0 Å². The van der Waals surface area contributed by atoms with Crippen LogP contribution in [0.3, 0.4) is 0 Å². The van der Waals surface area contributed by atoms with E-state index in [-0.39, 0.29) is 30.3 Å². The molecule has 2 fully saturated rings. The second kappa shape index (κ2) is 21.9. The molecule has 0 radical (unpaired) electrons. The number of nitrogens with zero attached hydrogens (tertiary/aromatic N) is 2. The Balaban J connectivity index is 1.14. The lowest BCUT2D eigenvalue weighted by molar-refractivity contribution is -0.146. The molecule has 10 unspecified atom stereocenters.